The number of carbonyl (C=O) groups excluding carboxylic acids is 1. The van der Waals surface area contributed by atoms with Crippen molar-refractivity contribution >= 4 is 11.9 Å². The molecule has 16 heavy (non-hydrogen) atoms. The third-order valence-electron chi connectivity index (χ3n) is 1.93. The van der Waals surface area contributed by atoms with Crippen molar-refractivity contribution < 1.29 is 24.2 Å². The van der Waals surface area contributed by atoms with Crippen LogP contribution in [0.25, 0.3) is 0 Å². The highest BCUT2D eigenvalue weighted by Crippen LogP contribution is 2.21. The Balaban J connectivity index is 3.16. The number of aromatic carboxylic acids is 1. The highest BCUT2D eigenvalue weighted by molar-refractivity contribution is 5.95. The molecule has 0 atom stereocenters. The van der Waals surface area contributed by atoms with Gasteiger partial charge in [0.25, 0.3) is 0 Å². The molecule has 5 heteroatoms. The number of ether oxygens (including phenoxy) is 2. The maximum Gasteiger partial charge on any atom is 0.339 e. The van der Waals surface area contributed by atoms with Gasteiger partial charge in [-0.2, -0.15) is 0 Å². The predicted molar refractivity (Wildman–Crippen MR) is 55.9 cm³/mol. The minimum absolute atomic E-state index is 0.0227. The molecule has 0 saturated carbocycles. The van der Waals surface area contributed by atoms with Crippen molar-refractivity contribution in [2.45, 2.75) is 6.92 Å². The molecular formula is C11H12O5. The first-order valence-electron chi connectivity index (χ1n) is 4.68. The zero-order valence-electron chi connectivity index (χ0n) is 9.02. The number of carboxylic acid groups (broad SMARTS) is 1. The lowest BCUT2D eigenvalue weighted by atomic mass is 10.1. The van der Waals surface area contributed by atoms with Crippen molar-refractivity contribution in [2.75, 3.05) is 13.7 Å². The summed E-state index contributed by atoms with van der Waals surface area (Å²) in [4.78, 5) is 22.1. The summed E-state index contributed by atoms with van der Waals surface area (Å²) in [6.07, 6.45) is 0. The Morgan fingerprint density at radius 3 is 2.56 bits per heavy atom. The SMILES string of the molecule is CCOc1cc(C(=O)OC)ccc1C(=O)O. The van der Waals surface area contributed by atoms with Crippen molar-refractivity contribution in [3.63, 3.8) is 0 Å². The van der Waals surface area contributed by atoms with Gasteiger partial charge in [0.15, 0.2) is 0 Å². The Morgan fingerprint density at radius 1 is 1.38 bits per heavy atom. The van der Waals surface area contributed by atoms with Crippen LogP contribution >= 0.6 is 0 Å². The van der Waals surface area contributed by atoms with E-state index in [0.29, 0.717) is 6.61 Å². The Morgan fingerprint density at radius 2 is 2.06 bits per heavy atom. The van der Waals surface area contributed by atoms with E-state index in [2.05, 4.69) is 4.74 Å². The van der Waals surface area contributed by atoms with Crippen LogP contribution in [0.2, 0.25) is 0 Å². The molecule has 0 saturated heterocycles. The fraction of sp³-hybridized carbons (Fsp3) is 0.273. The second kappa shape index (κ2) is 5.16. The molecule has 0 fully saturated rings. The first-order chi connectivity index (χ1) is 7.60. The minimum Gasteiger partial charge on any atom is -0.493 e. The number of hydrogen-bond acceptors (Lipinski definition) is 4. The van der Waals surface area contributed by atoms with Crippen LogP contribution in [0.5, 0.6) is 5.75 Å². The van der Waals surface area contributed by atoms with Gasteiger partial charge in [-0.3, -0.25) is 0 Å². The van der Waals surface area contributed by atoms with Gasteiger partial charge in [-0.25, -0.2) is 9.59 Å². The lowest BCUT2D eigenvalue weighted by Crippen LogP contribution is -2.06. The molecule has 0 radical (unpaired) electrons. The van der Waals surface area contributed by atoms with E-state index >= 15 is 0 Å². The molecule has 0 bridgehead atoms. The zero-order valence-corrected chi connectivity index (χ0v) is 9.02. The van der Waals surface area contributed by atoms with Crippen molar-refractivity contribution in [3.05, 3.63) is 29.3 Å². The van der Waals surface area contributed by atoms with Gasteiger partial charge in [-0.1, -0.05) is 0 Å². The molecule has 0 heterocycles. The summed E-state index contributed by atoms with van der Waals surface area (Å²) in [6, 6.07) is 4.07. The van der Waals surface area contributed by atoms with Gasteiger partial charge in [0.1, 0.15) is 11.3 Å². The van der Waals surface area contributed by atoms with Crippen molar-refractivity contribution in [2.24, 2.45) is 0 Å². The van der Waals surface area contributed by atoms with Gasteiger partial charge in [0.2, 0.25) is 0 Å². The molecule has 0 aliphatic carbocycles. The van der Waals surface area contributed by atoms with E-state index in [1.54, 1.807) is 6.92 Å². The largest absolute Gasteiger partial charge is 0.493 e. The topological polar surface area (TPSA) is 72.8 Å². The number of methoxy groups -OCH3 is 1. The van der Waals surface area contributed by atoms with Crippen LogP contribution in [-0.4, -0.2) is 30.8 Å². The molecule has 0 unspecified atom stereocenters. The van der Waals surface area contributed by atoms with E-state index in [9.17, 15) is 9.59 Å². The molecule has 0 aliphatic rings. The first-order valence-corrected chi connectivity index (χ1v) is 4.68. The fourth-order valence-corrected chi connectivity index (χ4v) is 1.22. The van der Waals surface area contributed by atoms with Gasteiger partial charge in [0, 0.05) is 0 Å². The molecule has 1 aromatic rings. The van der Waals surface area contributed by atoms with Crippen LogP contribution in [0.15, 0.2) is 18.2 Å². The van der Waals surface area contributed by atoms with E-state index in [4.69, 9.17) is 9.84 Å². The van der Waals surface area contributed by atoms with Crippen LogP contribution < -0.4 is 4.74 Å². The predicted octanol–water partition coefficient (Wildman–Crippen LogP) is 1.57. The van der Waals surface area contributed by atoms with E-state index in [0.717, 1.165) is 0 Å². The zero-order chi connectivity index (χ0) is 12.1. The molecule has 5 nitrogen and oxygen atoms in total. The maximum absolute atomic E-state index is 11.2. The average Bonchev–Trinajstić information content (AvgIpc) is 2.28. The van der Waals surface area contributed by atoms with E-state index in [-0.39, 0.29) is 16.9 Å². The molecule has 0 amide bonds. The smallest absolute Gasteiger partial charge is 0.339 e. The van der Waals surface area contributed by atoms with Gasteiger partial charge in [0.05, 0.1) is 19.3 Å². The highest BCUT2D eigenvalue weighted by Gasteiger charge is 2.14. The van der Waals surface area contributed by atoms with Crippen molar-refractivity contribution in [3.8, 4) is 5.75 Å². The van der Waals surface area contributed by atoms with Crippen LogP contribution in [0.1, 0.15) is 27.6 Å². The van der Waals surface area contributed by atoms with Crippen LogP contribution in [-0.2, 0) is 4.74 Å². The summed E-state index contributed by atoms with van der Waals surface area (Å²) < 4.78 is 9.67. The van der Waals surface area contributed by atoms with Crippen LogP contribution in [0.4, 0.5) is 0 Å². The Labute approximate surface area is 92.6 Å². The van der Waals surface area contributed by atoms with Gasteiger partial charge >= 0.3 is 11.9 Å². The maximum atomic E-state index is 11.2. The minimum atomic E-state index is -1.10. The van der Waals surface area contributed by atoms with E-state index in [1.165, 1.54) is 25.3 Å². The molecule has 86 valence electrons. The quantitative estimate of drug-likeness (QED) is 0.786. The number of rotatable bonds is 4. The molecule has 1 rings (SSSR count). The third kappa shape index (κ3) is 2.50. The Bertz CT molecular complexity index is 411. The Kier molecular flexibility index (Phi) is 3.88. The lowest BCUT2D eigenvalue weighted by Gasteiger charge is -2.08. The van der Waals surface area contributed by atoms with Crippen LogP contribution in [0.3, 0.4) is 0 Å². The average molecular weight is 224 g/mol. The normalized spacial score (nSPS) is 9.62. The number of hydrogen-bond donors (Lipinski definition) is 1. The lowest BCUT2D eigenvalue weighted by molar-refractivity contribution is 0.0597. The van der Waals surface area contributed by atoms with Gasteiger partial charge in [-0.15, -0.1) is 0 Å². The molecular weight excluding hydrogens is 212 g/mol. The second-order valence-electron chi connectivity index (χ2n) is 2.94. The number of carboxylic acids is 1. The summed E-state index contributed by atoms with van der Waals surface area (Å²) in [5.41, 5.74) is 0.283. The summed E-state index contributed by atoms with van der Waals surface area (Å²) in [7, 11) is 1.26. The summed E-state index contributed by atoms with van der Waals surface area (Å²) in [6.45, 7) is 2.06. The summed E-state index contributed by atoms with van der Waals surface area (Å²) in [5, 5.41) is 8.88. The highest BCUT2D eigenvalue weighted by atomic mass is 16.5. The van der Waals surface area contributed by atoms with Crippen LogP contribution in [0, 0.1) is 0 Å². The summed E-state index contributed by atoms with van der Waals surface area (Å²) >= 11 is 0. The number of esters is 1. The van der Waals surface area contributed by atoms with Gasteiger partial charge < -0.3 is 14.6 Å². The van der Waals surface area contributed by atoms with Gasteiger partial charge in [-0.05, 0) is 25.1 Å². The fourth-order valence-electron chi connectivity index (χ4n) is 1.22. The molecule has 0 spiro atoms. The standard InChI is InChI=1S/C11H12O5/c1-3-16-9-6-7(11(14)15-2)4-5-8(9)10(12)13/h4-6H,3H2,1-2H3,(H,12,13). The summed E-state index contributed by atoms with van der Waals surface area (Å²) in [5.74, 6) is -1.46. The van der Waals surface area contributed by atoms with Crippen molar-refractivity contribution in [1.29, 1.82) is 0 Å². The van der Waals surface area contributed by atoms with Crippen molar-refractivity contribution in [1.82, 2.24) is 0 Å². The second-order valence-corrected chi connectivity index (χ2v) is 2.94. The number of carbonyl (C=O) groups is 2. The third-order valence-corrected chi connectivity index (χ3v) is 1.93. The molecule has 0 aliphatic heterocycles. The first kappa shape index (κ1) is 12.0. The number of benzene rings is 1. The van der Waals surface area contributed by atoms with E-state index in [1.807, 2.05) is 0 Å². The van der Waals surface area contributed by atoms with E-state index < -0.39 is 11.9 Å². The molecule has 1 aromatic carbocycles. The molecule has 1 N–H and O–H groups in total. The monoisotopic (exact) mass is 224 g/mol. The molecule has 0 aromatic heterocycles. The Hall–Kier alpha value is -2.04.